The Hall–Kier alpha value is -1.76. The van der Waals surface area contributed by atoms with Crippen LogP contribution in [0.3, 0.4) is 0 Å². The van der Waals surface area contributed by atoms with Crippen molar-refractivity contribution in [2.45, 2.75) is 19.9 Å². The highest BCUT2D eigenvalue weighted by Gasteiger charge is 2.34. The maximum absolute atomic E-state index is 11.8. The minimum Gasteiger partial charge on any atom is -0.465 e. The predicted octanol–water partition coefficient (Wildman–Crippen LogP) is 2.27. The minimum absolute atomic E-state index is 0.138. The van der Waals surface area contributed by atoms with Crippen molar-refractivity contribution in [3.8, 4) is 0 Å². The molecule has 6 nitrogen and oxygen atoms in total. The molecule has 0 saturated carbocycles. The van der Waals surface area contributed by atoms with Crippen LogP contribution in [0.1, 0.15) is 13.8 Å². The smallest absolute Gasteiger partial charge is 0.411 e. The summed E-state index contributed by atoms with van der Waals surface area (Å²) < 4.78 is 0.607. The van der Waals surface area contributed by atoms with Gasteiger partial charge in [0.05, 0.1) is 17.4 Å². The molecule has 3 N–H and O–H groups in total. The second-order valence-electron chi connectivity index (χ2n) is 4.49. The van der Waals surface area contributed by atoms with Crippen molar-refractivity contribution in [1.29, 1.82) is 0 Å². The highest BCUT2D eigenvalue weighted by molar-refractivity contribution is 9.10. The van der Waals surface area contributed by atoms with Crippen LogP contribution in [0.4, 0.5) is 21.9 Å². The molecule has 0 fully saturated rings. The number of nitrogens with two attached hydrogens (primary N) is 1. The van der Waals surface area contributed by atoms with Crippen LogP contribution in [0.15, 0.2) is 16.6 Å². The molecule has 0 bridgehead atoms. The normalized spacial score (nSPS) is 18.2. The third kappa shape index (κ3) is 2.25. The molecule has 1 atom stereocenters. The lowest BCUT2D eigenvalue weighted by Crippen LogP contribution is -2.51. The van der Waals surface area contributed by atoms with Crippen molar-refractivity contribution < 1.29 is 14.7 Å². The summed E-state index contributed by atoms with van der Waals surface area (Å²) in [6, 6.07) is 3.01. The van der Waals surface area contributed by atoms with Crippen LogP contribution in [0.25, 0.3) is 0 Å². The van der Waals surface area contributed by atoms with Gasteiger partial charge < -0.3 is 15.7 Å². The number of amides is 2. The summed E-state index contributed by atoms with van der Waals surface area (Å²) in [4.78, 5) is 25.9. The fourth-order valence-electron chi connectivity index (χ4n) is 2.32. The zero-order chi connectivity index (χ0) is 14.3. The number of fused-ring (bicyclic) bond motifs is 1. The lowest BCUT2D eigenvalue weighted by atomic mass is 10.1. The van der Waals surface area contributed by atoms with Gasteiger partial charge in [0.25, 0.3) is 0 Å². The number of nitrogens with zero attached hydrogens (tertiary/aromatic N) is 2. The van der Waals surface area contributed by atoms with E-state index >= 15 is 0 Å². The van der Waals surface area contributed by atoms with Gasteiger partial charge in [0, 0.05) is 23.6 Å². The van der Waals surface area contributed by atoms with Crippen LogP contribution in [-0.4, -0.2) is 29.7 Å². The molecule has 0 aliphatic carbocycles. The Morgan fingerprint density at radius 1 is 1.42 bits per heavy atom. The first kappa shape index (κ1) is 13.7. The molecule has 0 unspecified atom stereocenters. The number of anilines is 3. The van der Waals surface area contributed by atoms with Crippen molar-refractivity contribution in [2.24, 2.45) is 0 Å². The lowest BCUT2D eigenvalue weighted by molar-refractivity contribution is -0.117. The first-order valence-corrected chi connectivity index (χ1v) is 6.51. The summed E-state index contributed by atoms with van der Waals surface area (Å²) in [5, 5.41) is 9.26. The van der Waals surface area contributed by atoms with Gasteiger partial charge in [-0.05, 0) is 35.0 Å². The Morgan fingerprint density at radius 2 is 2.05 bits per heavy atom. The second-order valence-corrected chi connectivity index (χ2v) is 5.35. The Balaban J connectivity index is 2.65. The molecule has 102 valence electrons. The molecular weight excluding hydrogens is 314 g/mol. The van der Waals surface area contributed by atoms with Crippen molar-refractivity contribution in [3.05, 3.63) is 16.6 Å². The van der Waals surface area contributed by atoms with E-state index in [1.807, 2.05) is 0 Å². The van der Waals surface area contributed by atoms with Gasteiger partial charge >= 0.3 is 6.09 Å². The summed E-state index contributed by atoms with van der Waals surface area (Å²) in [6.45, 7) is 3.49. The summed E-state index contributed by atoms with van der Waals surface area (Å²) in [5.41, 5.74) is 7.27. The van der Waals surface area contributed by atoms with Crippen LogP contribution in [0, 0.1) is 0 Å². The highest BCUT2D eigenvalue weighted by atomic mass is 79.9. The van der Waals surface area contributed by atoms with Gasteiger partial charge in [0.15, 0.2) is 0 Å². The number of benzene rings is 1. The standard InChI is InChI=1S/C12H14BrN3O3/c1-6-5-15(12(18)19)10-3-8(13)9(14)4-11(10)16(6)7(2)17/h3-4,6H,5,14H2,1-2H3,(H,18,19)/t6-/m0/s1. The number of rotatable bonds is 0. The van der Waals surface area contributed by atoms with E-state index in [-0.39, 0.29) is 18.5 Å². The van der Waals surface area contributed by atoms with E-state index in [1.165, 1.54) is 11.8 Å². The Labute approximate surface area is 118 Å². The van der Waals surface area contributed by atoms with E-state index in [2.05, 4.69) is 15.9 Å². The lowest BCUT2D eigenvalue weighted by Gasteiger charge is -2.39. The predicted molar refractivity (Wildman–Crippen MR) is 76.5 cm³/mol. The first-order chi connectivity index (χ1) is 8.82. The quantitative estimate of drug-likeness (QED) is 0.715. The van der Waals surface area contributed by atoms with Crippen LogP contribution < -0.4 is 15.5 Å². The summed E-state index contributed by atoms with van der Waals surface area (Å²) in [7, 11) is 0. The van der Waals surface area contributed by atoms with E-state index in [9.17, 15) is 14.7 Å². The SMILES string of the molecule is CC(=O)N1c2cc(N)c(Br)cc2N(C(=O)O)C[C@@H]1C. The molecule has 1 aromatic rings. The molecule has 0 spiro atoms. The summed E-state index contributed by atoms with van der Waals surface area (Å²) in [5.74, 6) is -0.138. The van der Waals surface area contributed by atoms with E-state index in [4.69, 9.17) is 5.73 Å². The van der Waals surface area contributed by atoms with Gasteiger partial charge in [0.1, 0.15) is 0 Å². The third-order valence-electron chi connectivity index (χ3n) is 3.10. The maximum atomic E-state index is 11.8. The maximum Gasteiger partial charge on any atom is 0.411 e. The fourth-order valence-corrected chi connectivity index (χ4v) is 2.65. The number of carbonyl (C=O) groups excluding carboxylic acids is 1. The minimum atomic E-state index is -1.05. The molecule has 0 saturated heterocycles. The molecular formula is C12H14BrN3O3. The zero-order valence-electron chi connectivity index (χ0n) is 10.6. The van der Waals surface area contributed by atoms with Crippen molar-refractivity contribution in [2.75, 3.05) is 22.1 Å². The summed E-state index contributed by atoms with van der Waals surface area (Å²) in [6.07, 6.45) is -1.05. The third-order valence-corrected chi connectivity index (χ3v) is 3.79. The Kier molecular flexibility index (Phi) is 3.40. The van der Waals surface area contributed by atoms with E-state index in [1.54, 1.807) is 24.0 Å². The zero-order valence-corrected chi connectivity index (χ0v) is 12.1. The fraction of sp³-hybridized carbons (Fsp3) is 0.333. The topological polar surface area (TPSA) is 86.9 Å². The second kappa shape index (κ2) is 4.73. The number of hydrogen-bond donors (Lipinski definition) is 2. The monoisotopic (exact) mass is 327 g/mol. The number of nitrogen functional groups attached to an aromatic ring is 1. The van der Waals surface area contributed by atoms with Crippen molar-refractivity contribution >= 4 is 45.0 Å². The highest BCUT2D eigenvalue weighted by Crippen LogP contribution is 2.40. The number of halogens is 1. The largest absolute Gasteiger partial charge is 0.465 e. The molecule has 0 aromatic heterocycles. The van der Waals surface area contributed by atoms with Crippen LogP contribution in [0.5, 0.6) is 0 Å². The molecule has 1 aromatic carbocycles. The van der Waals surface area contributed by atoms with Gasteiger partial charge in [-0.1, -0.05) is 0 Å². The number of carboxylic acid groups (broad SMARTS) is 1. The van der Waals surface area contributed by atoms with Gasteiger partial charge in [-0.15, -0.1) is 0 Å². The number of carbonyl (C=O) groups is 2. The van der Waals surface area contributed by atoms with E-state index in [0.29, 0.717) is 21.5 Å². The van der Waals surface area contributed by atoms with Crippen molar-refractivity contribution in [3.63, 3.8) is 0 Å². The molecule has 1 heterocycles. The molecule has 1 aliphatic heterocycles. The average molecular weight is 328 g/mol. The van der Waals surface area contributed by atoms with Gasteiger partial charge in [-0.2, -0.15) is 0 Å². The van der Waals surface area contributed by atoms with Crippen LogP contribution in [-0.2, 0) is 4.79 Å². The molecule has 19 heavy (non-hydrogen) atoms. The Morgan fingerprint density at radius 3 is 2.58 bits per heavy atom. The average Bonchev–Trinajstić information content (AvgIpc) is 2.29. The van der Waals surface area contributed by atoms with Crippen molar-refractivity contribution in [1.82, 2.24) is 0 Å². The molecule has 2 amide bonds. The van der Waals surface area contributed by atoms with Gasteiger partial charge in [-0.25, -0.2) is 4.79 Å². The number of hydrogen-bond acceptors (Lipinski definition) is 3. The van der Waals surface area contributed by atoms with E-state index in [0.717, 1.165) is 0 Å². The first-order valence-electron chi connectivity index (χ1n) is 5.72. The van der Waals surface area contributed by atoms with Crippen LogP contribution >= 0.6 is 15.9 Å². The van der Waals surface area contributed by atoms with Gasteiger partial charge in [0.2, 0.25) is 5.91 Å². The molecule has 0 radical (unpaired) electrons. The summed E-state index contributed by atoms with van der Waals surface area (Å²) >= 11 is 3.27. The Bertz CT molecular complexity index is 561. The van der Waals surface area contributed by atoms with Gasteiger partial charge in [-0.3, -0.25) is 9.69 Å². The molecule has 2 rings (SSSR count). The molecule has 7 heteroatoms. The van der Waals surface area contributed by atoms with E-state index < -0.39 is 6.09 Å². The molecule has 1 aliphatic rings. The van der Waals surface area contributed by atoms with Crippen LogP contribution in [0.2, 0.25) is 0 Å².